The zero-order valence-electron chi connectivity index (χ0n) is 7.65. The second kappa shape index (κ2) is 9.88. The van der Waals surface area contributed by atoms with Crippen molar-refractivity contribution in [3.05, 3.63) is 0 Å². The average Bonchev–Trinajstić information content (AvgIpc) is 2.03. The molecular formula is C8H20N2O. The third kappa shape index (κ3) is 9.88. The summed E-state index contributed by atoms with van der Waals surface area (Å²) in [7, 11) is 0. The zero-order valence-corrected chi connectivity index (χ0v) is 7.65. The minimum absolute atomic E-state index is 0.819. The highest BCUT2D eigenvalue weighted by atomic mass is 16.5. The Bertz CT molecular complexity index is 61.1. The molecule has 0 atom stereocenters. The molecule has 0 aromatic carbocycles. The normalized spacial score (nSPS) is 10.4. The Morgan fingerprint density at radius 1 is 0.909 bits per heavy atom. The van der Waals surface area contributed by atoms with Gasteiger partial charge in [0.05, 0.1) is 13.2 Å². The van der Waals surface area contributed by atoms with Crippen LogP contribution >= 0.6 is 0 Å². The van der Waals surface area contributed by atoms with Crippen LogP contribution in [0.15, 0.2) is 0 Å². The van der Waals surface area contributed by atoms with Crippen molar-refractivity contribution < 1.29 is 4.74 Å². The van der Waals surface area contributed by atoms with Gasteiger partial charge in [0.2, 0.25) is 0 Å². The van der Waals surface area contributed by atoms with Crippen molar-refractivity contribution in [1.29, 1.82) is 0 Å². The molecule has 0 saturated carbocycles. The van der Waals surface area contributed by atoms with Crippen LogP contribution < -0.4 is 10.6 Å². The van der Waals surface area contributed by atoms with Gasteiger partial charge in [-0.2, -0.15) is 0 Å². The molecule has 0 rings (SSSR count). The maximum Gasteiger partial charge on any atom is 0.0591 e. The van der Waals surface area contributed by atoms with Crippen LogP contribution in [0, 0.1) is 0 Å². The Labute approximate surface area is 69.5 Å². The molecule has 0 spiro atoms. The summed E-state index contributed by atoms with van der Waals surface area (Å²) in [5.41, 5.74) is 0. The van der Waals surface area contributed by atoms with Gasteiger partial charge in [-0.3, -0.25) is 0 Å². The molecule has 0 aromatic heterocycles. The van der Waals surface area contributed by atoms with Crippen molar-refractivity contribution in [3.8, 4) is 0 Å². The van der Waals surface area contributed by atoms with Gasteiger partial charge in [-0.1, -0.05) is 13.8 Å². The molecule has 2 N–H and O–H groups in total. The number of ether oxygens (including phenoxy) is 1. The standard InChI is InChI=1S/C8H20N2O/c1-3-9-5-7-11-8-6-10-4-2/h9-10H,3-8H2,1-2H3. The summed E-state index contributed by atoms with van der Waals surface area (Å²) < 4.78 is 5.31. The quantitative estimate of drug-likeness (QED) is 0.498. The minimum Gasteiger partial charge on any atom is -0.379 e. The molecule has 0 heterocycles. The van der Waals surface area contributed by atoms with Crippen LogP contribution in [0.4, 0.5) is 0 Å². The third-order valence-electron chi connectivity index (χ3n) is 1.35. The summed E-state index contributed by atoms with van der Waals surface area (Å²) >= 11 is 0. The summed E-state index contributed by atoms with van der Waals surface area (Å²) in [5, 5.41) is 6.39. The number of hydrogen-bond donors (Lipinski definition) is 2. The van der Waals surface area contributed by atoms with Crippen molar-refractivity contribution in [2.45, 2.75) is 13.8 Å². The Morgan fingerprint density at radius 2 is 1.36 bits per heavy atom. The lowest BCUT2D eigenvalue weighted by atomic mass is 10.6. The molecular weight excluding hydrogens is 140 g/mol. The van der Waals surface area contributed by atoms with Crippen LogP contribution in [0.25, 0.3) is 0 Å². The highest BCUT2D eigenvalue weighted by Crippen LogP contribution is 1.71. The van der Waals surface area contributed by atoms with Crippen molar-refractivity contribution in [2.75, 3.05) is 39.4 Å². The predicted octanol–water partition coefficient (Wildman–Crippen LogP) is 0.222. The first-order valence-electron chi connectivity index (χ1n) is 4.41. The Kier molecular flexibility index (Phi) is 9.77. The van der Waals surface area contributed by atoms with E-state index in [1.165, 1.54) is 0 Å². The molecule has 0 radical (unpaired) electrons. The molecule has 3 heteroatoms. The fraction of sp³-hybridized carbons (Fsp3) is 1.00. The average molecular weight is 160 g/mol. The van der Waals surface area contributed by atoms with Gasteiger partial charge in [0.1, 0.15) is 0 Å². The third-order valence-corrected chi connectivity index (χ3v) is 1.35. The van der Waals surface area contributed by atoms with Crippen molar-refractivity contribution in [1.82, 2.24) is 10.6 Å². The summed E-state index contributed by atoms with van der Waals surface area (Å²) in [5.74, 6) is 0. The molecule has 68 valence electrons. The van der Waals surface area contributed by atoms with Gasteiger partial charge < -0.3 is 15.4 Å². The van der Waals surface area contributed by atoms with E-state index in [2.05, 4.69) is 24.5 Å². The minimum atomic E-state index is 0.819. The van der Waals surface area contributed by atoms with Crippen LogP contribution in [0.3, 0.4) is 0 Å². The topological polar surface area (TPSA) is 33.3 Å². The van der Waals surface area contributed by atoms with E-state index in [0.29, 0.717) is 0 Å². The Balaban J connectivity index is 2.69. The molecule has 0 fully saturated rings. The number of rotatable bonds is 8. The fourth-order valence-electron chi connectivity index (χ4n) is 0.744. The van der Waals surface area contributed by atoms with Gasteiger partial charge in [-0.25, -0.2) is 0 Å². The molecule has 0 unspecified atom stereocenters. The first-order chi connectivity index (χ1) is 5.41. The first kappa shape index (κ1) is 10.9. The lowest BCUT2D eigenvalue weighted by molar-refractivity contribution is 0.138. The van der Waals surface area contributed by atoms with Gasteiger partial charge in [0.25, 0.3) is 0 Å². The van der Waals surface area contributed by atoms with E-state index in [-0.39, 0.29) is 0 Å². The van der Waals surface area contributed by atoms with Gasteiger partial charge in [0.15, 0.2) is 0 Å². The zero-order chi connectivity index (χ0) is 8.36. The number of likely N-dealkylation sites (N-methyl/N-ethyl adjacent to an activating group) is 2. The molecule has 0 aliphatic rings. The summed E-state index contributed by atoms with van der Waals surface area (Å²) in [4.78, 5) is 0. The lowest BCUT2D eigenvalue weighted by Gasteiger charge is -2.04. The largest absolute Gasteiger partial charge is 0.379 e. The smallest absolute Gasteiger partial charge is 0.0591 e. The predicted molar refractivity (Wildman–Crippen MR) is 47.9 cm³/mol. The maximum absolute atomic E-state index is 5.31. The second-order valence-electron chi connectivity index (χ2n) is 2.32. The SMILES string of the molecule is CCNCCOCCNCC. The Morgan fingerprint density at radius 3 is 1.73 bits per heavy atom. The van der Waals surface area contributed by atoms with Crippen LogP contribution in [0.5, 0.6) is 0 Å². The van der Waals surface area contributed by atoms with E-state index >= 15 is 0 Å². The van der Waals surface area contributed by atoms with E-state index < -0.39 is 0 Å². The van der Waals surface area contributed by atoms with E-state index in [4.69, 9.17) is 4.74 Å². The van der Waals surface area contributed by atoms with Gasteiger partial charge in [0, 0.05) is 13.1 Å². The molecule has 0 saturated heterocycles. The number of hydrogen-bond acceptors (Lipinski definition) is 3. The molecule has 3 nitrogen and oxygen atoms in total. The van der Waals surface area contributed by atoms with Crippen molar-refractivity contribution >= 4 is 0 Å². The highest BCUT2D eigenvalue weighted by molar-refractivity contribution is 4.43. The summed E-state index contributed by atoms with van der Waals surface area (Å²) in [6.07, 6.45) is 0. The second-order valence-corrected chi connectivity index (χ2v) is 2.32. The van der Waals surface area contributed by atoms with Crippen molar-refractivity contribution in [2.24, 2.45) is 0 Å². The summed E-state index contributed by atoms with van der Waals surface area (Å²) in [6.45, 7) is 9.80. The monoisotopic (exact) mass is 160 g/mol. The van der Waals surface area contributed by atoms with Crippen LogP contribution in [-0.4, -0.2) is 39.4 Å². The number of nitrogens with one attached hydrogen (secondary N) is 2. The van der Waals surface area contributed by atoms with E-state index in [0.717, 1.165) is 39.4 Å². The van der Waals surface area contributed by atoms with E-state index in [1.54, 1.807) is 0 Å². The van der Waals surface area contributed by atoms with Crippen molar-refractivity contribution in [3.63, 3.8) is 0 Å². The maximum atomic E-state index is 5.31. The molecule has 0 aliphatic heterocycles. The van der Waals surface area contributed by atoms with Crippen LogP contribution in [-0.2, 0) is 4.74 Å². The van der Waals surface area contributed by atoms with Gasteiger partial charge >= 0.3 is 0 Å². The van der Waals surface area contributed by atoms with Crippen LogP contribution in [0.2, 0.25) is 0 Å². The van der Waals surface area contributed by atoms with E-state index in [9.17, 15) is 0 Å². The Hall–Kier alpha value is -0.120. The van der Waals surface area contributed by atoms with E-state index in [1.807, 2.05) is 0 Å². The lowest BCUT2D eigenvalue weighted by Crippen LogP contribution is -2.23. The fourth-order valence-corrected chi connectivity index (χ4v) is 0.744. The van der Waals surface area contributed by atoms with Crippen LogP contribution in [0.1, 0.15) is 13.8 Å². The van der Waals surface area contributed by atoms with Gasteiger partial charge in [-0.05, 0) is 13.1 Å². The molecule has 0 amide bonds. The summed E-state index contributed by atoms with van der Waals surface area (Å²) in [6, 6.07) is 0. The molecule has 11 heavy (non-hydrogen) atoms. The first-order valence-corrected chi connectivity index (χ1v) is 4.41. The molecule has 0 bridgehead atoms. The highest BCUT2D eigenvalue weighted by Gasteiger charge is 1.86. The van der Waals surface area contributed by atoms with Gasteiger partial charge in [-0.15, -0.1) is 0 Å². The molecule has 0 aliphatic carbocycles. The molecule has 0 aromatic rings.